The first-order chi connectivity index (χ1) is 26.2. The summed E-state index contributed by atoms with van der Waals surface area (Å²) in [5.74, 6) is 0.518. The van der Waals surface area contributed by atoms with Crippen LogP contribution in [-0.2, 0) is 14.3 Å². The molecule has 1 heterocycles. The number of hydrogen-bond acceptors (Lipinski definition) is 9. The van der Waals surface area contributed by atoms with E-state index >= 15 is 0 Å². The smallest absolute Gasteiger partial charge is 0.410 e. The molecule has 0 unspecified atom stereocenters. The molecular weight excluding hydrogens is 713 g/mol. The van der Waals surface area contributed by atoms with Crippen LogP contribution in [0.4, 0.5) is 4.79 Å². The molecule has 1 saturated heterocycles. The summed E-state index contributed by atoms with van der Waals surface area (Å²) >= 11 is 1.61. The van der Waals surface area contributed by atoms with Crippen molar-refractivity contribution in [3.63, 3.8) is 0 Å². The van der Waals surface area contributed by atoms with Crippen LogP contribution >= 0.6 is 11.8 Å². The van der Waals surface area contributed by atoms with Gasteiger partial charge in [-0.1, -0.05) is 53.1 Å². The van der Waals surface area contributed by atoms with E-state index in [2.05, 4.69) is 50.8 Å². The summed E-state index contributed by atoms with van der Waals surface area (Å²) in [5, 5.41) is 0. The average molecular weight is 775 g/mol. The van der Waals surface area contributed by atoms with Gasteiger partial charge in [-0.15, -0.1) is 11.8 Å². The molecule has 2 aromatic carbocycles. The molecule has 1 aliphatic rings. The quantitative estimate of drug-likeness (QED) is 0.0345. The average Bonchev–Trinajstić information content (AvgIpc) is 3.13. The second-order valence-corrected chi connectivity index (χ2v) is 16.1. The van der Waals surface area contributed by atoms with Crippen molar-refractivity contribution in [2.24, 2.45) is 0 Å². The van der Waals surface area contributed by atoms with Gasteiger partial charge in [0.1, 0.15) is 5.60 Å². The molecule has 1 amide bonds. The minimum atomic E-state index is -0.497. The van der Waals surface area contributed by atoms with E-state index in [0.29, 0.717) is 42.3 Å². The molecule has 55 heavy (non-hydrogen) atoms. The van der Waals surface area contributed by atoms with Gasteiger partial charge in [0.2, 0.25) is 0 Å². The maximum atomic E-state index is 13.3. The van der Waals surface area contributed by atoms with E-state index in [1.54, 1.807) is 47.0 Å². The zero-order chi connectivity index (χ0) is 40.2. The second-order valence-electron chi connectivity index (χ2n) is 15.1. The third kappa shape index (κ3) is 17.8. The van der Waals surface area contributed by atoms with Crippen LogP contribution in [0.15, 0.2) is 88.4 Å². The van der Waals surface area contributed by atoms with Gasteiger partial charge in [-0.2, -0.15) is 0 Å². The van der Waals surface area contributed by atoms with Gasteiger partial charge in [0.05, 0.1) is 19.3 Å². The Balaban J connectivity index is 1.41. The van der Waals surface area contributed by atoms with E-state index in [0.717, 1.165) is 68.8 Å². The fourth-order valence-electron chi connectivity index (χ4n) is 5.70. The number of carbonyl (C=O) groups is 3. The Bertz CT molecular complexity index is 1680. The summed E-state index contributed by atoms with van der Waals surface area (Å²) in [6, 6.07) is 12.6. The fourth-order valence-corrected chi connectivity index (χ4v) is 6.73. The number of ether oxygens (including phenoxy) is 4. The lowest BCUT2D eigenvalue weighted by Crippen LogP contribution is -2.50. The molecular formula is C45H62N2O7S. The molecule has 0 atom stereocenters. The number of benzene rings is 2. The first kappa shape index (κ1) is 45.1. The molecule has 2 aromatic rings. The van der Waals surface area contributed by atoms with Crippen molar-refractivity contribution in [1.82, 2.24) is 9.80 Å². The van der Waals surface area contributed by atoms with E-state index < -0.39 is 17.5 Å². The lowest BCUT2D eigenvalue weighted by Gasteiger charge is -2.35. The van der Waals surface area contributed by atoms with Crippen molar-refractivity contribution >= 4 is 35.9 Å². The molecule has 0 spiro atoms. The van der Waals surface area contributed by atoms with E-state index in [9.17, 15) is 14.4 Å². The third-order valence-corrected chi connectivity index (χ3v) is 9.84. The van der Waals surface area contributed by atoms with Gasteiger partial charge >= 0.3 is 18.0 Å². The number of thioether (sulfide) groups is 1. The number of methoxy groups -OCH3 is 1. The Morgan fingerprint density at radius 1 is 0.836 bits per heavy atom. The predicted octanol–water partition coefficient (Wildman–Crippen LogP) is 10.3. The molecule has 0 radical (unpaired) electrons. The number of esters is 2. The summed E-state index contributed by atoms with van der Waals surface area (Å²) in [6.45, 7) is 18.3. The molecule has 300 valence electrons. The number of carbonyl (C=O) groups excluding carboxylic acids is 3. The number of amides is 1. The molecule has 3 rings (SSSR count). The van der Waals surface area contributed by atoms with Gasteiger partial charge in [-0.25, -0.2) is 14.4 Å². The Labute approximate surface area is 333 Å². The highest BCUT2D eigenvalue weighted by atomic mass is 32.2. The molecule has 10 heteroatoms. The van der Waals surface area contributed by atoms with Gasteiger partial charge < -0.3 is 23.8 Å². The van der Waals surface area contributed by atoms with Gasteiger partial charge in [0.25, 0.3) is 0 Å². The third-order valence-electron chi connectivity index (χ3n) is 8.84. The highest BCUT2D eigenvalue weighted by Gasteiger charge is 2.25. The van der Waals surface area contributed by atoms with Gasteiger partial charge in [-0.3, -0.25) is 4.90 Å². The summed E-state index contributed by atoms with van der Waals surface area (Å²) in [4.78, 5) is 42.9. The van der Waals surface area contributed by atoms with Crippen LogP contribution in [0.3, 0.4) is 0 Å². The van der Waals surface area contributed by atoms with Crippen LogP contribution in [-0.4, -0.2) is 85.6 Å². The number of piperazine rings is 1. The topological polar surface area (TPSA) is 94.6 Å². The van der Waals surface area contributed by atoms with E-state index in [1.165, 1.54) is 29.9 Å². The maximum absolute atomic E-state index is 13.3. The predicted molar refractivity (Wildman–Crippen MR) is 224 cm³/mol. The van der Waals surface area contributed by atoms with Crippen molar-refractivity contribution in [2.45, 2.75) is 97.5 Å². The van der Waals surface area contributed by atoms with E-state index in [4.69, 9.17) is 18.9 Å². The van der Waals surface area contributed by atoms with Crippen molar-refractivity contribution in [1.29, 1.82) is 0 Å². The Hall–Kier alpha value is -4.28. The zero-order valence-electron chi connectivity index (χ0n) is 34.3. The number of nitrogens with zero attached hydrogens (tertiary/aromatic N) is 2. The van der Waals surface area contributed by atoms with Crippen LogP contribution in [0.5, 0.6) is 11.5 Å². The standard InChI is InChI=1S/C45H62N2O7S/c1-34(2)15-13-16-35(3)17-14-18-36(4)25-32-55-41-20-10-9-19-38(41)43(49)53-39-23-21-37(33-40(39)51-8)22-24-42(48)52-31-12-11-26-46-27-29-47(30-28-46)44(50)54-45(5,6)7/h9-10,15,17,19-25,33H,11-14,16,18,26-32H2,1-8H3/b24-22+,35-17+,36-25+. The highest BCUT2D eigenvalue weighted by molar-refractivity contribution is 7.99. The summed E-state index contributed by atoms with van der Waals surface area (Å²) < 4.78 is 22.2. The number of allylic oxidation sites excluding steroid dienone is 5. The minimum absolute atomic E-state index is 0.262. The summed E-state index contributed by atoms with van der Waals surface area (Å²) in [5.41, 5.74) is 4.81. The van der Waals surface area contributed by atoms with Crippen molar-refractivity contribution in [3.8, 4) is 11.5 Å². The fraction of sp³-hybridized carbons (Fsp3) is 0.489. The molecule has 0 saturated carbocycles. The van der Waals surface area contributed by atoms with Crippen LogP contribution in [0.25, 0.3) is 6.08 Å². The first-order valence-electron chi connectivity index (χ1n) is 19.4. The normalized spacial score (nSPS) is 14.1. The Kier molecular flexibility index (Phi) is 19.4. The second kappa shape index (κ2) is 23.6. The molecule has 1 aliphatic heterocycles. The van der Waals surface area contributed by atoms with Gasteiger partial charge in [-0.05, 0) is 129 Å². The molecule has 0 bridgehead atoms. The maximum Gasteiger partial charge on any atom is 0.410 e. The molecule has 0 aliphatic carbocycles. The largest absolute Gasteiger partial charge is 0.493 e. The SMILES string of the molecule is COc1cc(/C=C/C(=O)OCCCCN2CCN(C(=O)OC(C)(C)C)CC2)ccc1OC(=O)c1ccccc1SC/C=C(\C)CC/C=C(\C)CCC=C(C)C. The van der Waals surface area contributed by atoms with Crippen molar-refractivity contribution in [2.75, 3.05) is 52.2 Å². The van der Waals surface area contributed by atoms with Crippen LogP contribution in [0.1, 0.15) is 103 Å². The minimum Gasteiger partial charge on any atom is -0.493 e. The zero-order valence-corrected chi connectivity index (χ0v) is 35.1. The lowest BCUT2D eigenvalue weighted by atomic mass is 10.1. The first-order valence-corrected chi connectivity index (χ1v) is 20.3. The summed E-state index contributed by atoms with van der Waals surface area (Å²) in [6.07, 6.45) is 15.5. The monoisotopic (exact) mass is 774 g/mol. The van der Waals surface area contributed by atoms with Crippen molar-refractivity contribution in [3.05, 3.63) is 94.6 Å². The van der Waals surface area contributed by atoms with Gasteiger partial charge in [0.15, 0.2) is 11.5 Å². The molecule has 1 fully saturated rings. The Morgan fingerprint density at radius 3 is 2.22 bits per heavy atom. The van der Waals surface area contributed by atoms with E-state index in [1.807, 2.05) is 39.0 Å². The summed E-state index contributed by atoms with van der Waals surface area (Å²) in [7, 11) is 1.51. The van der Waals surface area contributed by atoms with Crippen LogP contribution in [0.2, 0.25) is 0 Å². The number of rotatable bonds is 19. The van der Waals surface area contributed by atoms with Crippen LogP contribution in [0, 0.1) is 0 Å². The number of hydrogen-bond donors (Lipinski definition) is 0. The lowest BCUT2D eigenvalue weighted by molar-refractivity contribution is -0.137. The van der Waals surface area contributed by atoms with E-state index in [-0.39, 0.29) is 6.09 Å². The number of unbranched alkanes of at least 4 members (excludes halogenated alkanes) is 1. The molecule has 9 nitrogen and oxygen atoms in total. The highest BCUT2D eigenvalue weighted by Crippen LogP contribution is 2.31. The molecule has 0 aromatic heterocycles. The molecule has 0 N–H and O–H groups in total. The van der Waals surface area contributed by atoms with Crippen LogP contribution < -0.4 is 9.47 Å². The Morgan fingerprint density at radius 2 is 1.53 bits per heavy atom. The van der Waals surface area contributed by atoms with Gasteiger partial charge in [0, 0.05) is 42.9 Å². The van der Waals surface area contributed by atoms with Crippen molar-refractivity contribution < 1.29 is 33.3 Å².